The summed E-state index contributed by atoms with van der Waals surface area (Å²) in [7, 11) is 0. The molecule has 1 saturated carbocycles. The summed E-state index contributed by atoms with van der Waals surface area (Å²) in [6.07, 6.45) is 3.90. The predicted molar refractivity (Wildman–Crippen MR) is 48.3 cm³/mol. The lowest BCUT2D eigenvalue weighted by molar-refractivity contribution is -0.120. The molecule has 1 amide bonds. The highest BCUT2D eigenvalue weighted by Gasteiger charge is 2.39. The van der Waals surface area contributed by atoms with Crippen molar-refractivity contribution in [2.45, 2.75) is 32.6 Å². The van der Waals surface area contributed by atoms with Gasteiger partial charge in [-0.1, -0.05) is 19.8 Å². The highest BCUT2D eigenvalue weighted by atomic mass is 16.1. The summed E-state index contributed by atoms with van der Waals surface area (Å²) in [5.41, 5.74) is 10.9. The van der Waals surface area contributed by atoms with Gasteiger partial charge >= 0.3 is 0 Å². The van der Waals surface area contributed by atoms with Crippen molar-refractivity contribution in [1.82, 2.24) is 0 Å². The normalized spacial score (nSPS) is 35.3. The van der Waals surface area contributed by atoms with E-state index in [4.69, 9.17) is 11.5 Å². The minimum atomic E-state index is -0.214. The Bertz CT molecular complexity index is 181. The van der Waals surface area contributed by atoms with Crippen molar-refractivity contribution < 1.29 is 4.79 Å². The van der Waals surface area contributed by atoms with Crippen LogP contribution in [0.25, 0.3) is 0 Å². The third-order valence-corrected chi connectivity index (χ3v) is 3.29. The van der Waals surface area contributed by atoms with E-state index in [1.54, 1.807) is 0 Å². The lowest BCUT2D eigenvalue weighted by atomic mass is 9.76. The average molecular weight is 170 g/mol. The van der Waals surface area contributed by atoms with Crippen molar-refractivity contribution in [3.05, 3.63) is 0 Å². The van der Waals surface area contributed by atoms with Crippen molar-refractivity contribution >= 4 is 5.91 Å². The zero-order valence-electron chi connectivity index (χ0n) is 7.68. The summed E-state index contributed by atoms with van der Waals surface area (Å²) >= 11 is 0. The molecule has 3 heteroatoms. The molecule has 0 saturated heterocycles. The Labute approximate surface area is 73.5 Å². The average Bonchev–Trinajstić information content (AvgIpc) is 2.32. The van der Waals surface area contributed by atoms with Gasteiger partial charge in [0.15, 0.2) is 0 Å². The summed E-state index contributed by atoms with van der Waals surface area (Å²) in [5, 5.41) is 0. The van der Waals surface area contributed by atoms with Crippen LogP contribution in [0.5, 0.6) is 0 Å². The number of rotatable bonds is 3. The molecule has 1 aliphatic carbocycles. The van der Waals surface area contributed by atoms with Crippen molar-refractivity contribution in [2.24, 2.45) is 22.8 Å². The van der Waals surface area contributed by atoms with Gasteiger partial charge in [0, 0.05) is 6.42 Å². The minimum absolute atomic E-state index is 0.0197. The van der Waals surface area contributed by atoms with Gasteiger partial charge in [0.1, 0.15) is 0 Å². The van der Waals surface area contributed by atoms with Crippen LogP contribution in [0.2, 0.25) is 0 Å². The molecule has 1 aliphatic rings. The summed E-state index contributed by atoms with van der Waals surface area (Å²) in [5.74, 6) is 0.337. The molecular formula is C9H18N2O. The summed E-state index contributed by atoms with van der Waals surface area (Å²) in [6, 6.07) is 0. The molecule has 0 aliphatic heterocycles. The fraction of sp³-hybridized carbons (Fsp3) is 0.889. The highest BCUT2D eigenvalue weighted by Crippen LogP contribution is 2.44. The topological polar surface area (TPSA) is 69.1 Å². The van der Waals surface area contributed by atoms with Gasteiger partial charge in [0.25, 0.3) is 0 Å². The summed E-state index contributed by atoms with van der Waals surface area (Å²) < 4.78 is 0. The molecule has 0 radical (unpaired) electrons. The Morgan fingerprint density at radius 2 is 2.33 bits per heavy atom. The van der Waals surface area contributed by atoms with Crippen LogP contribution in [-0.4, -0.2) is 12.5 Å². The van der Waals surface area contributed by atoms with Gasteiger partial charge in [-0.3, -0.25) is 4.79 Å². The zero-order valence-corrected chi connectivity index (χ0v) is 7.68. The van der Waals surface area contributed by atoms with E-state index < -0.39 is 0 Å². The summed E-state index contributed by atoms with van der Waals surface area (Å²) in [6.45, 7) is 2.76. The standard InChI is InChI=1S/C9H18N2O/c1-7-3-2-4-9(7,6-10)5-8(11)12/h7H,2-6,10H2,1H3,(H2,11,12). The number of carbonyl (C=O) groups excluding carboxylic acids is 1. The maximum absolute atomic E-state index is 10.8. The second-order valence-corrected chi connectivity index (χ2v) is 4.00. The third kappa shape index (κ3) is 1.61. The van der Waals surface area contributed by atoms with E-state index >= 15 is 0 Å². The van der Waals surface area contributed by atoms with Crippen LogP contribution < -0.4 is 11.5 Å². The molecule has 3 nitrogen and oxygen atoms in total. The molecule has 0 spiro atoms. The lowest BCUT2D eigenvalue weighted by Crippen LogP contribution is -2.37. The van der Waals surface area contributed by atoms with Gasteiger partial charge in [-0.2, -0.15) is 0 Å². The number of amides is 1. The number of hydrogen-bond donors (Lipinski definition) is 2. The molecule has 0 aromatic heterocycles. The van der Waals surface area contributed by atoms with Crippen LogP contribution in [0, 0.1) is 11.3 Å². The highest BCUT2D eigenvalue weighted by molar-refractivity contribution is 5.74. The van der Waals surface area contributed by atoms with E-state index in [-0.39, 0.29) is 11.3 Å². The number of primary amides is 1. The Morgan fingerprint density at radius 1 is 1.67 bits per heavy atom. The molecule has 12 heavy (non-hydrogen) atoms. The fourth-order valence-electron chi connectivity index (χ4n) is 2.30. The molecule has 0 aromatic rings. The van der Waals surface area contributed by atoms with Crippen LogP contribution in [0.1, 0.15) is 32.6 Å². The molecule has 2 unspecified atom stereocenters. The SMILES string of the molecule is CC1CCCC1(CN)CC(N)=O. The first-order valence-corrected chi connectivity index (χ1v) is 4.59. The van der Waals surface area contributed by atoms with Crippen LogP contribution in [0.4, 0.5) is 0 Å². The van der Waals surface area contributed by atoms with Gasteiger partial charge in [-0.05, 0) is 24.3 Å². The van der Waals surface area contributed by atoms with Crippen LogP contribution in [0.3, 0.4) is 0 Å². The third-order valence-electron chi connectivity index (χ3n) is 3.29. The second kappa shape index (κ2) is 3.44. The largest absolute Gasteiger partial charge is 0.370 e. The Hall–Kier alpha value is -0.570. The fourth-order valence-corrected chi connectivity index (χ4v) is 2.30. The molecular weight excluding hydrogens is 152 g/mol. The number of hydrogen-bond acceptors (Lipinski definition) is 2. The van der Waals surface area contributed by atoms with E-state index in [1.165, 1.54) is 12.8 Å². The zero-order chi connectivity index (χ0) is 9.19. The van der Waals surface area contributed by atoms with Gasteiger partial charge in [0.2, 0.25) is 5.91 Å². The van der Waals surface area contributed by atoms with Crippen LogP contribution in [0.15, 0.2) is 0 Å². The smallest absolute Gasteiger partial charge is 0.218 e. The van der Waals surface area contributed by atoms with E-state index in [0.29, 0.717) is 18.9 Å². The van der Waals surface area contributed by atoms with Crippen molar-refractivity contribution in [1.29, 1.82) is 0 Å². The van der Waals surface area contributed by atoms with Gasteiger partial charge in [-0.25, -0.2) is 0 Å². The van der Waals surface area contributed by atoms with Gasteiger partial charge < -0.3 is 11.5 Å². The molecule has 70 valence electrons. The first-order valence-electron chi connectivity index (χ1n) is 4.59. The molecule has 2 atom stereocenters. The van der Waals surface area contributed by atoms with E-state index in [9.17, 15) is 4.79 Å². The van der Waals surface area contributed by atoms with Crippen LogP contribution >= 0.6 is 0 Å². The Morgan fingerprint density at radius 3 is 2.67 bits per heavy atom. The first kappa shape index (κ1) is 9.52. The van der Waals surface area contributed by atoms with Gasteiger partial charge in [-0.15, -0.1) is 0 Å². The van der Waals surface area contributed by atoms with Crippen LogP contribution in [-0.2, 0) is 4.79 Å². The molecule has 1 fully saturated rings. The molecule has 0 bridgehead atoms. The Balaban J connectivity index is 2.67. The van der Waals surface area contributed by atoms with E-state index in [2.05, 4.69) is 6.92 Å². The van der Waals surface area contributed by atoms with Gasteiger partial charge in [0.05, 0.1) is 0 Å². The lowest BCUT2D eigenvalue weighted by Gasteiger charge is -2.30. The van der Waals surface area contributed by atoms with Crippen molar-refractivity contribution in [2.75, 3.05) is 6.54 Å². The second-order valence-electron chi connectivity index (χ2n) is 4.00. The van der Waals surface area contributed by atoms with Crippen molar-refractivity contribution in [3.63, 3.8) is 0 Å². The number of nitrogens with two attached hydrogens (primary N) is 2. The number of carbonyl (C=O) groups is 1. The quantitative estimate of drug-likeness (QED) is 0.652. The maximum Gasteiger partial charge on any atom is 0.218 e. The van der Waals surface area contributed by atoms with E-state index in [0.717, 1.165) is 6.42 Å². The molecule has 1 rings (SSSR count). The molecule has 4 N–H and O–H groups in total. The van der Waals surface area contributed by atoms with Crippen molar-refractivity contribution in [3.8, 4) is 0 Å². The maximum atomic E-state index is 10.8. The monoisotopic (exact) mass is 170 g/mol. The Kier molecular flexibility index (Phi) is 2.73. The van der Waals surface area contributed by atoms with E-state index in [1.807, 2.05) is 0 Å². The minimum Gasteiger partial charge on any atom is -0.370 e. The summed E-state index contributed by atoms with van der Waals surface area (Å²) in [4.78, 5) is 10.8. The predicted octanol–water partition coefficient (Wildman–Crippen LogP) is 0.627. The molecule has 0 aromatic carbocycles. The first-order chi connectivity index (χ1) is 5.60. The molecule has 0 heterocycles.